The lowest BCUT2D eigenvalue weighted by atomic mass is 10.0. The molecule has 0 fully saturated rings. The van der Waals surface area contributed by atoms with E-state index in [9.17, 15) is 0 Å². The monoisotopic (exact) mass is 286 g/mol. The van der Waals surface area contributed by atoms with Crippen molar-refractivity contribution in [3.05, 3.63) is 28.2 Å². The predicted molar refractivity (Wildman–Crippen MR) is 67.1 cm³/mol. The van der Waals surface area contributed by atoms with Gasteiger partial charge in [0.1, 0.15) is 12.4 Å². The zero-order valence-electron chi connectivity index (χ0n) is 9.27. The van der Waals surface area contributed by atoms with Crippen LogP contribution in [-0.2, 0) is 0 Å². The predicted octanol–water partition coefficient (Wildman–Crippen LogP) is 2.70. The molecular weight excluding hydrogens is 272 g/mol. The van der Waals surface area contributed by atoms with E-state index in [1.807, 2.05) is 18.2 Å². The Hall–Kier alpha value is -1.23. The number of hydrogen-bond donors (Lipinski definition) is 2. The number of ether oxygens (including phenoxy) is 1. The van der Waals surface area contributed by atoms with Gasteiger partial charge in [0.05, 0.1) is 0 Å². The highest BCUT2D eigenvalue weighted by Gasteiger charge is 2.09. The van der Waals surface area contributed by atoms with Crippen LogP contribution in [0.2, 0.25) is 0 Å². The Balaban J connectivity index is 2.87. The van der Waals surface area contributed by atoms with Crippen LogP contribution in [0.25, 0.3) is 0 Å². The summed E-state index contributed by atoms with van der Waals surface area (Å²) in [7, 11) is 0. The standard InChI is InChI=1S/C11H15BrN2O2/c1-7(2)9-5-8(12)3-4-10(9)16-6-11(13)14-15/h3-5,7,15H,6H2,1-2H3,(H2,13,14). The number of nitrogens with two attached hydrogens (primary N) is 1. The van der Waals surface area contributed by atoms with Crippen molar-refractivity contribution < 1.29 is 9.94 Å². The second kappa shape index (κ2) is 5.75. The van der Waals surface area contributed by atoms with Crippen molar-refractivity contribution in [3.63, 3.8) is 0 Å². The first kappa shape index (κ1) is 12.8. The third kappa shape index (κ3) is 3.41. The van der Waals surface area contributed by atoms with Crippen LogP contribution < -0.4 is 10.5 Å². The molecule has 0 aromatic heterocycles. The maximum absolute atomic E-state index is 8.41. The van der Waals surface area contributed by atoms with Crippen LogP contribution in [0.4, 0.5) is 0 Å². The first-order valence-electron chi connectivity index (χ1n) is 4.93. The minimum Gasteiger partial charge on any atom is -0.485 e. The highest BCUT2D eigenvalue weighted by molar-refractivity contribution is 9.10. The quantitative estimate of drug-likeness (QED) is 0.387. The minimum absolute atomic E-state index is 0.0534. The van der Waals surface area contributed by atoms with Crippen LogP contribution >= 0.6 is 15.9 Å². The molecule has 16 heavy (non-hydrogen) atoms. The van der Waals surface area contributed by atoms with Crippen LogP contribution in [0, 0.1) is 0 Å². The molecule has 1 aromatic rings. The van der Waals surface area contributed by atoms with Crippen molar-refractivity contribution in [1.29, 1.82) is 0 Å². The van der Waals surface area contributed by atoms with E-state index in [0.29, 0.717) is 5.92 Å². The fourth-order valence-corrected chi connectivity index (χ4v) is 1.66. The van der Waals surface area contributed by atoms with E-state index in [1.54, 1.807) is 0 Å². The number of amidine groups is 1. The van der Waals surface area contributed by atoms with E-state index in [2.05, 4.69) is 34.9 Å². The van der Waals surface area contributed by atoms with Gasteiger partial charge in [-0.2, -0.15) is 0 Å². The normalized spacial score (nSPS) is 11.9. The van der Waals surface area contributed by atoms with Crippen molar-refractivity contribution in [2.45, 2.75) is 19.8 Å². The molecule has 0 bridgehead atoms. The average Bonchev–Trinajstić information content (AvgIpc) is 2.26. The molecule has 0 aliphatic rings. The molecule has 4 nitrogen and oxygen atoms in total. The first-order chi connectivity index (χ1) is 7.54. The summed E-state index contributed by atoms with van der Waals surface area (Å²) in [5.74, 6) is 1.15. The van der Waals surface area contributed by atoms with Crippen molar-refractivity contribution >= 4 is 21.8 Å². The largest absolute Gasteiger partial charge is 0.485 e. The molecule has 0 atom stereocenters. The fraction of sp³-hybridized carbons (Fsp3) is 0.364. The molecule has 0 radical (unpaired) electrons. The number of oxime groups is 1. The third-order valence-corrected chi connectivity index (χ3v) is 2.59. The molecule has 88 valence electrons. The van der Waals surface area contributed by atoms with Gasteiger partial charge in [0.25, 0.3) is 0 Å². The highest BCUT2D eigenvalue weighted by atomic mass is 79.9. The number of nitrogens with zero attached hydrogens (tertiary/aromatic N) is 1. The van der Waals surface area contributed by atoms with E-state index in [-0.39, 0.29) is 12.4 Å². The van der Waals surface area contributed by atoms with Gasteiger partial charge in [-0.05, 0) is 29.7 Å². The Morgan fingerprint density at radius 3 is 2.81 bits per heavy atom. The van der Waals surface area contributed by atoms with Crippen LogP contribution in [0.5, 0.6) is 5.75 Å². The van der Waals surface area contributed by atoms with Gasteiger partial charge in [0, 0.05) is 4.47 Å². The Kier molecular flexibility index (Phi) is 4.61. The lowest BCUT2D eigenvalue weighted by molar-refractivity contribution is 0.305. The van der Waals surface area contributed by atoms with Gasteiger partial charge in [-0.25, -0.2) is 0 Å². The maximum Gasteiger partial charge on any atom is 0.177 e. The lowest BCUT2D eigenvalue weighted by Crippen LogP contribution is -2.21. The molecule has 1 aromatic carbocycles. The summed E-state index contributed by atoms with van der Waals surface area (Å²) in [6, 6.07) is 5.77. The average molecular weight is 287 g/mol. The second-order valence-electron chi connectivity index (χ2n) is 3.72. The van der Waals surface area contributed by atoms with E-state index < -0.39 is 0 Å². The molecule has 0 amide bonds. The van der Waals surface area contributed by atoms with Crippen molar-refractivity contribution in [1.82, 2.24) is 0 Å². The van der Waals surface area contributed by atoms with E-state index in [4.69, 9.17) is 15.7 Å². The number of hydrogen-bond acceptors (Lipinski definition) is 3. The molecule has 0 aliphatic carbocycles. The van der Waals surface area contributed by atoms with E-state index in [1.165, 1.54) is 0 Å². The molecule has 0 aliphatic heterocycles. The summed E-state index contributed by atoms with van der Waals surface area (Å²) in [5, 5.41) is 11.3. The molecule has 5 heteroatoms. The first-order valence-corrected chi connectivity index (χ1v) is 5.72. The Morgan fingerprint density at radius 2 is 2.25 bits per heavy atom. The highest BCUT2D eigenvalue weighted by Crippen LogP contribution is 2.29. The molecule has 0 saturated carbocycles. The molecule has 0 unspecified atom stereocenters. The summed E-state index contributed by atoms with van der Waals surface area (Å²) in [5.41, 5.74) is 6.43. The molecular formula is C11H15BrN2O2. The number of halogens is 1. The third-order valence-electron chi connectivity index (χ3n) is 2.10. The SMILES string of the molecule is CC(C)c1cc(Br)ccc1OC/C(N)=N/O. The molecule has 0 spiro atoms. The summed E-state index contributed by atoms with van der Waals surface area (Å²) < 4.78 is 6.48. The van der Waals surface area contributed by atoms with Gasteiger partial charge in [-0.1, -0.05) is 34.9 Å². The zero-order chi connectivity index (χ0) is 12.1. The topological polar surface area (TPSA) is 67.8 Å². The lowest BCUT2D eigenvalue weighted by Gasteiger charge is -2.13. The van der Waals surface area contributed by atoms with Crippen molar-refractivity contribution in [3.8, 4) is 5.75 Å². The molecule has 1 rings (SSSR count). The summed E-state index contributed by atoms with van der Waals surface area (Å²) in [6.07, 6.45) is 0. The zero-order valence-corrected chi connectivity index (χ0v) is 10.9. The Bertz CT molecular complexity index is 392. The van der Waals surface area contributed by atoms with Gasteiger partial charge < -0.3 is 15.7 Å². The Labute approximate surface area is 103 Å². The van der Waals surface area contributed by atoms with Gasteiger partial charge in [-0.15, -0.1) is 0 Å². The van der Waals surface area contributed by atoms with Gasteiger partial charge in [0.2, 0.25) is 0 Å². The van der Waals surface area contributed by atoms with Gasteiger partial charge in [0.15, 0.2) is 5.84 Å². The van der Waals surface area contributed by atoms with Crippen molar-refractivity contribution in [2.24, 2.45) is 10.9 Å². The van der Waals surface area contributed by atoms with Crippen LogP contribution in [-0.4, -0.2) is 17.6 Å². The smallest absolute Gasteiger partial charge is 0.177 e. The molecule has 3 N–H and O–H groups in total. The van der Waals surface area contributed by atoms with E-state index in [0.717, 1.165) is 15.8 Å². The second-order valence-corrected chi connectivity index (χ2v) is 4.63. The summed E-state index contributed by atoms with van der Waals surface area (Å²) in [4.78, 5) is 0. The molecule has 0 saturated heterocycles. The van der Waals surface area contributed by atoms with Crippen LogP contribution in [0.1, 0.15) is 25.3 Å². The van der Waals surface area contributed by atoms with Gasteiger partial charge >= 0.3 is 0 Å². The van der Waals surface area contributed by atoms with Crippen molar-refractivity contribution in [2.75, 3.05) is 6.61 Å². The van der Waals surface area contributed by atoms with Crippen LogP contribution in [0.15, 0.2) is 27.8 Å². The Morgan fingerprint density at radius 1 is 1.56 bits per heavy atom. The maximum atomic E-state index is 8.41. The summed E-state index contributed by atoms with van der Waals surface area (Å²) in [6.45, 7) is 4.24. The minimum atomic E-state index is 0.0534. The fourth-order valence-electron chi connectivity index (χ4n) is 1.28. The number of rotatable bonds is 4. The molecule has 0 heterocycles. The summed E-state index contributed by atoms with van der Waals surface area (Å²) >= 11 is 3.41. The van der Waals surface area contributed by atoms with E-state index >= 15 is 0 Å². The van der Waals surface area contributed by atoms with Crippen LogP contribution in [0.3, 0.4) is 0 Å². The van der Waals surface area contributed by atoms with Gasteiger partial charge in [-0.3, -0.25) is 0 Å². The number of benzene rings is 1.